The van der Waals surface area contributed by atoms with Crippen molar-refractivity contribution in [1.29, 1.82) is 5.26 Å². The Morgan fingerprint density at radius 2 is 1.85 bits per heavy atom. The minimum absolute atomic E-state index is 0.0178. The van der Waals surface area contributed by atoms with E-state index in [0.29, 0.717) is 23.9 Å². The third-order valence-corrected chi connectivity index (χ3v) is 5.26. The molecule has 0 aliphatic carbocycles. The van der Waals surface area contributed by atoms with Crippen LogP contribution in [0.1, 0.15) is 32.8 Å². The third kappa shape index (κ3) is 8.05. The summed E-state index contributed by atoms with van der Waals surface area (Å²) in [6.45, 7) is 9.35. The molecule has 0 radical (unpaired) electrons. The molecule has 0 spiro atoms. The predicted molar refractivity (Wildman–Crippen MR) is 144 cm³/mol. The number of rotatable bonds is 13. The first kappa shape index (κ1) is 30.8. The van der Waals surface area contributed by atoms with E-state index in [1.807, 2.05) is 11.8 Å². The number of amides is 1. The van der Waals surface area contributed by atoms with Crippen LogP contribution >= 0.6 is 0 Å². The normalized spacial score (nSPS) is 10.5. The van der Waals surface area contributed by atoms with E-state index in [2.05, 4.69) is 22.1 Å². The molecule has 1 amide bonds. The fourth-order valence-electron chi connectivity index (χ4n) is 3.43. The number of carbonyl (C=O) groups is 2. The summed E-state index contributed by atoms with van der Waals surface area (Å²) in [5, 5.41) is 42.6. The monoisotopic (exact) mass is 553 g/mol. The van der Waals surface area contributed by atoms with Gasteiger partial charge >= 0.3 is 11.7 Å². The fourth-order valence-corrected chi connectivity index (χ4v) is 3.43. The number of esters is 1. The number of nitriles is 1. The molecule has 0 fully saturated rings. The highest BCUT2D eigenvalue weighted by atomic mass is 16.6. The van der Waals surface area contributed by atoms with Crippen LogP contribution in [0.25, 0.3) is 0 Å². The molecule has 15 heteroatoms. The molecular weight excluding hydrogens is 526 g/mol. The van der Waals surface area contributed by atoms with E-state index in [0.717, 1.165) is 6.07 Å². The molecule has 0 atom stereocenters. The summed E-state index contributed by atoms with van der Waals surface area (Å²) in [4.78, 5) is 46.8. The number of carbonyl (C=O) groups excluding carboxylic acids is 2. The molecule has 0 bridgehead atoms. The van der Waals surface area contributed by atoms with Gasteiger partial charge in [0.1, 0.15) is 24.1 Å². The van der Waals surface area contributed by atoms with E-state index in [4.69, 9.17) is 9.47 Å². The number of azo groups is 1. The van der Waals surface area contributed by atoms with E-state index in [1.54, 1.807) is 13.0 Å². The molecule has 0 aliphatic heterocycles. The first-order valence-corrected chi connectivity index (χ1v) is 11.7. The van der Waals surface area contributed by atoms with Crippen LogP contribution in [0.4, 0.5) is 34.1 Å². The van der Waals surface area contributed by atoms with Gasteiger partial charge in [0.05, 0.1) is 46.4 Å². The molecule has 0 heterocycles. The van der Waals surface area contributed by atoms with Crippen LogP contribution in [0.3, 0.4) is 0 Å². The topological polar surface area (TPSA) is 203 Å². The van der Waals surface area contributed by atoms with Gasteiger partial charge in [-0.3, -0.25) is 29.8 Å². The van der Waals surface area contributed by atoms with Crippen molar-refractivity contribution in [1.82, 2.24) is 0 Å². The fraction of sp³-hybridized carbons (Fsp3) is 0.320. The number of nitrogens with one attached hydrogen (secondary N) is 1. The van der Waals surface area contributed by atoms with Crippen LogP contribution in [-0.4, -0.2) is 48.5 Å². The maximum absolute atomic E-state index is 12.1. The Morgan fingerprint density at radius 1 is 1.15 bits per heavy atom. The zero-order chi connectivity index (χ0) is 30.0. The molecule has 1 N–H and O–H groups in total. The maximum Gasteiger partial charge on any atom is 0.307 e. The van der Waals surface area contributed by atoms with Crippen LogP contribution in [-0.2, 0) is 14.3 Å². The number of nitro benzene ring substituents is 2. The van der Waals surface area contributed by atoms with Gasteiger partial charge in [0.2, 0.25) is 5.91 Å². The summed E-state index contributed by atoms with van der Waals surface area (Å²) in [5.74, 6) is -0.608. The van der Waals surface area contributed by atoms with Crippen molar-refractivity contribution in [3.8, 4) is 11.8 Å². The molecule has 0 saturated heterocycles. The molecule has 2 aromatic rings. The second-order valence-corrected chi connectivity index (χ2v) is 8.36. The lowest BCUT2D eigenvalue weighted by Gasteiger charge is -2.26. The minimum atomic E-state index is -0.916. The van der Waals surface area contributed by atoms with Crippen molar-refractivity contribution >= 4 is 46.0 Å². The van der Waals surface area contributed by atoms with Crippen LogP contribution in [0.5, 0.6) is 5.75 Å². The number of nitrogens with zero attached hydrogens (tertiary/aromatic N) is 6. The lowest BCUT2D eigenvalue weighted by molar-refractivity contribution is -0.393. The lowest BCUT2D eigenvalue weighted by Crippen LogP contribution is -2.27. The van der Waals surface area contributed by atoms with Crippen LogP contribution in [0.2, 0.25) is 0 Å². The van der Waals surface area contributed by atoms with E-state index < -0.39 is 44.3 Å². The maximum atomic E-state index is 12.1. The SMILES string of the molecule is C=C(C)COC(=O)CCN(CC)c1cc(NC(C)=O)c(N=Nc2c(C#N)cc([N+](=O)[O-])cc2[N+](=O)[O-])cc1OC. The third-order valence-electron chi connectivity index (χ3n) is 5.26. The Kier molecular flexibility index (Phi) is 10.8. The molecule has 0 aromatic heterocycles. The minimum Gasteiger partial charge on any atom is -0.494 e. The van der Waals surface area contributed by atoms with Gasteiger partial charge in [-0.15, -0.1) is 10.2 Å². The summed E-state index contributed by atoms with van der Waals surface area (Å²) in [5.41, 5.74) is -1.02. The molecule has 0 saturated carbocycles. The van der Waals surface area contributed by atoms with E-state index in [9.17, 15) is 35.1 Å². The summed E-state index contributed by atoms with van der Waals surface area (Å²) in [6.07, 6.45) is 0.0575. The van der Waals surface area contributed by atoms with Crippen LogP contribution < -0.4 is 15.0 Å². The molecule has 2 rings (SSSR count). The van der Waals surface area contributed by atoms with Crippen molar-refractivity contribution in [2.45, 2.75) is 27.2 Å². The molecule has 15 nitrogen and oxygen atoms in total. The van der Waals surface area contributed by atoms with Crippen molar-refractivity contribution in [2.24, 2.45) is 10.2 Å². The highest BCUT2D eigenvalue weighted by Crippen LogP contribution is 2.41. The van der Waals surface area contributed by atoms with E-state index >= 15 is 0 Å². The van der Waals surface area contributed by atoms with Crippen molar-refractivity contribution in [3.05, 3.63) is 62.2 Å². The highest BCUT2D eigenvalue weighted by molar-refractivity contribution is 5.94. The van der Waals surface area contributed by atoms with Gasteiger partial charge in [-0.05, 0) is 25.5 Å². The number of hydrogen-bond acceptors (Lipinski definition) is 12. The van der Waals surface area contributed by atoms with Crippen molar-refractivity contribution in [2.75, 3.05) is 37.0 Å². The quantitative estimate of drug-likeness (QED) is 0.114. The number of hydrogen-bond donors (Lipinski definition) is 1. The van der Waals surface area contributed by atoms with Gasteiger partial charge < -0.3 is 19.7 Å². The average molecular weight is 554 g/mol. The molecule has 0 aliphatic rings. The first-order valence-electron chi connectivity index (χ1n) is 11.7. The summed E-state index contributed by atoms with van der Waals surface area (Å²) in [6, 6.07) is 6.12. The number of benzene rings is 2. The summed E-state index contributed by atoms with van der Waals surface area (Å²) >= 11 is 0. The standard InChI is InChI=1S/C25H27N7O8/c1-6-30(8-7-24(34)40-14-15(2)3)21-11-19(27-16(4)33)20(12-23(21)39-5)28-29-25-17(13-26)9-18(31(35)36)10-22(25)32(37)38/h9-12H,2,6-8,14H2,1,3-5H3,(H,27,33). The second kappa shape index (κ2) is 14.0. The van der Waals surface area contributed by atoms with Crippen LogP contribution in [0, 0.1) is 31.6 Å². The first-order chi connectivity index (χ1) is 18.9. The van der Waals surface area contributed by atoms with Crippen molar-refractivity contribution < 1.29 is 28.9 Å². The molecule has 40 heavy (non-hydrogen) atoms. The number of methoxy groups -OCH3 is 1. The Balaban J connectivity index is 2.57. The van der Waals surface area contributed by atoms with Gasteiger partial charge in [0, 0.05) is 32.1 Å². The summed E-state index contributed by atoms with van der Waals surface area (Å²) < 4.78 is 10.6. The largest absolute Gasteiger partial charge is 0.494 e. The van der Waals surface area contributed by atoms with Crippen LogP contribution in [0.15, 0.2) is 46.6 Å². The Labute approximate surface area is 229 Å². The Hall–Kier alpha value is -5.39. The number of nitro groups is 2. The van der Waals surface area contributed by atoms with Crippen molar-refractivity contribution in [3.63, 3.8) is 0 Å². The Bertz CT molecular complexity index is 1410. The number of anilines is 2. The number of non-ortho nitro benzene ring substituents is 1. The molecule has 2 aromatic carbocycles. The van der Waals surface area contributed by atoms with Gasteiger partial charge in [-0.1, -0.05) is 6.58 Å². The van der Waals surface area contributed by atoms with Gasteiger partial charge in [-0.2, -0.15) is 5.26 Å². The predicted octanol–water partition coefficient (Wildman–Crippen LogP) is 5.09. The number of ether oxygens (including phenoxy) is 2. The van der Waals surface area contributed by atoms with Gasteiger partial charge in [0.15, 0.2) is 5.69 Å². The molecule has 0 unspecified atom stereocenters. The molecule has 210 valence electrons. The zero-order valence-electron chi connectivity index (χ0n) is 22.3. The highest BCUT2D eigenvalue weighted by Gasteiger charge is 2.25. The average Bonchev–Trinajstić information content (AvgIpc) is 2.90. The van der Waals surface area contributed by atoms with E-state index in [-0.39, 0.29) is 36.7 Å². The van der Waals surface area contributed by atoms with Gasteiger partial charge in [-0.25, -0.2) is 0 Å². The summed E-state index contributed by atoms with van der Waals surface area (Å²) in [7, 11) is 1.39. The zero-order valence-corrected chi connectivity index (χ0v) is 22.3. The Morgan fingerprint density at radius 3 is 2.38 bits per heavy atom. The second-order valence-electron chi connectivity index (χ2n) is 8.36. The molecular formula is C25H27N7O8. The smallest absolute Gasteiger partial charge is 0.307 e. The van der Waals surface area contributed by atoms with Gasteiger partial charge in [0.25, 0.3) is 5.69 Å². The lowest BCUT2D eigenvalue weighted by atomic mass is 10.1. The van der Waals surface area contributed by atoms with E-state index in [1.165, 1.54) is 26.2 Å².